The molecule has 0 spiro atoms. The molecule has 0 bridgehead atoms. The maximum Gasteiger partial charge on any atom is 0.334 e. The van der Waals surface area contributed by atoms with Gasteiger partial charge in [-0.2, -0.15) is 0 Å². The summed E-state index contributed by atoms with van der Waals surface area (Å²) in [6, 6.07) is 0.209. The molecule has 1 aliphatic rings. The maximum atomic E-state index is 11.6. The molecule has 0 aromatic heterocycles. The van der Waals surface area contributed by atoms with E-state index in [2.05, 4.69) is 0 Å². The highest BCUT2D eigenvalue weighted by molar-refractivity contribution is 5.88. The molecular weight excluding hydrogens is 178 g/mol. The second-order valence-electron chi connectivity index (χ2n) is 4.77. The molecule has 1 aliphatic carbocycles. The van der Waals surface area contributed by atoms with Crippen molar-refractivity contribution in [2.75, 3.05) is 0 Å². The molecule has 3 nitrogen and oxygen atoms in total. The van der Waals surface area contributed by atoms with E-state index in [1.54, 1.807) is 0 Å². The first kappa shape index (κ1) is 11.2. The van der Waals surface area contributed by atoms with Crippen LogP contribution in [0.4, 0.5) is 0 Å². The number of carbonyl (C=O) groups is 1. The molecule has 1 rings (SSSR count). The van der Waals surface area contributed by atoms with Crippen LogP contribution in [-0.4, -0.2) is 17.6 Å². The number of hydrogen-bond donors (Lipinski definition) is 1. The van der Waals surface area contributed by atoms with Crippen LogP contribution in [0.5, 0.6) is 0 Å². The topological polar surface area (TPSA) is 52.3 Å². The molecule has 0 amide bonds. The standard InChI is InChI=1S/C11H19NO2/c1-11(2,3)14-10(13)8-4-6-9(12)7-5-8/h4,9H,5-7,12H2,1-3H3. The van der Waals surface area contributed by atoms with Gasteiger partial charge in [0, 0.05) is 11.6 Å². The van der Waals surface area contributed by atoms with E-state index < -0.39 is 5.60 Å². The minimum absolute atomic E-state index is 0.190. The Morgan fingerprint density at radius 2 is 2.21 bits per heavy atom. The minimum atomic E-state index is -0.405. The number of ether oxygens (including phenoxy) is 1. The summed E-state index contributed by atoms with van der Waals surface area (Å²) >= 11 is 0. The number of nitrogens with two attached hydrogens (primary N) is 1. The van der Waals surface area contributed by atoms with Crippen LogP contribution in [0.15, 0.2) is 11.6 Å². The summed E-state index contributed by atoms with van der Waals surface area (Å²) in [5.41, 5.74) is 6.10. The molecular formula is C11H19NO2. The Kier molecular flexibility index (Phi) is 3.32. The van der Waals surface area contributed by atoms with E-state index in [1.165, 1.54) is 0 Å². The molecule has 0 saturated carbocycles. The van der Waals surface area contributed by atoms with Gasteiger partial charge in [-0.05, 0) is 40.0 Å². The lowest BCUT2D eigenvalue weighted by Crippen LogP contribution is -2.28. The summed E-state index contributed by atoms with van der Waals surface area (Å²) in [6.45, 7) is 5.63. The largest absolute Gasteiger partial charge is 0.457 e. The van der Waals surface area contributed by atoms with Gasteiger partial charge in [-0.3, -0.25) is 0 Å². The van der Waals surface area contributed by atoms with E-state index >= 15 is 0 Å². The smallest absolute Gasteiger partial charge is 0.334 e. The summed E-state index contributed by atoms with van der Waals surface area (Å²) in [5, 5.41) is 0. The van der Waals surface area contributed by atoms with E-state index in [4.69, 9.17) is 10.5 Å². The summed E-state index contributed by atoms with van der Waals surface area (Å²) in [4.78, 5) is 11.6. The second kappa shape index (κ2) is 4.13. The third-order valence-corrected chi connectivity index (χ3v) is 2.11. The maximum absolute atomic E-state index is 11.6. The molecule has 0 aliphatic heterocycles. The predicted molar refractivity (Wildman–Crippen MR) is 55.8 cm³/mol. The highest BCUT2D eigenvalue weighted by Crippen LogP contribution is 2.20. The molecule has 0 fully saturated rings. The minimum Gasteiger partial charge on any atom is -0.457 e. The first-order valence-electron chi connectivity index (χ1n) is 5.06. The molecule has 1 atom stereocenters. The lowest BCUT2D eigenvalue weighted by Gasteiger charge is -2.23. The fraction of sp³-hybridized carbons (Fsp3) is 0.727. The quantitative estimate of drug-likeness (QED) is 0.652. The zero-order chi connectivity index (χ0) is 10.8. The summed E-state index contributed by atoms with van der Waals surface area (Å²) in [6.07, 6.45) is 4.32. The van der Waals surface area contributed by atoms with E-state index in [0.717, 1.165) is 24.8 Å². The zero-order valence-electron chi connectivity index (χ0n) is 9.17. The van der Waals surface area contributed by atoms with Crippen molar-refractivity contribution in [2.24, 2.45) is 5.73 Å². The van der Waals surface area contributed by atoms with Gasteiger partial charge in [0.2, 0.25) is 0 Å². The van der Waals surface area contributed by atoms with Crippen molar-refractivity contribution in [2.45, 2.75) is 51.7 Å². The third-order valence-electron chi connectivity index (χ3n) is 2.11. The molecule has 1 unspecified atom stereocenters. The summed E-state index contributed by atoms with van der Waals surface area (Å²) in [7, 11) is 0. The molecule has 2 N–H and O–H groups in total. The van der Waals surface area contributed by atoms with Gasteiger partial charge in [-0.25, -0.2) is 4.79 Å². The van der Waals surface area contributed by atoms with Crippen LogP contribution < -0.4 is 5.73 Å². The van der Waals surface area contributed by atoms with E-state index in [0.29, 0.717) is 0 Å². The Balaban J connectivity index is 2.54. The van der Waals surface area contributed by atoms with Crippen LogP contribution >= 0.6 is 0 Å². The van der Waals surface area contributed by atoms with Crippen LogP contribution in [0.3, 0.4) is 0 Å². The fourth-order valence-corrected chi connectivity index (χ4v) is 1.38. The molecule has 0 radical (unpaired) electrons. The van der Waals surface area contributed by atoms with Crippen molar-refractivity contribution in [3.8, 4) is 0 Å². The third kappa shape index (κ3) is 3.50. The van der Waals surface area contributed by atoms with Gasteiger partial charge in [0.25, 0.3) is 0 Å². The molecule has 0 saturated heterocycles. The van der Waals surface area contributed by atoms with Gasteiger partial charge in [-0.15, -0.1) is 0 Å². The highest BCUT2D eigenvalue weighted by atomic mass is 16.6. The molecule has 0 aromatic carbocycles. The monoisotopic (exact) mass is 197 g/mol. The number of rotatable bonds is 1. The SMILES string of the molecule is CC(C)(C)OC(=O)C1=CCC(N)CC1. The Bertz CT molecular complexity index is 251. The van der Waals surface area contributed by atoms with Crippen molar-refractivity contribution < 1.29 is 9.53 Å². The highest BCUT2D eigenvalue weighted by Gasteiger charge is 2.22. The summed E-state index contributed by atoms with van der Waals surface area (Å²) < 4.78 is 5.26. The van der Waals surface area contributed by atoms with Crippen molar-refractivity contribution in [1.82, 2.24) is 0 Å². The first-order chi connectivity index (χ1) is 6.38. The van der Waals surface area contributed by atoms with Gasteiger partial charge in [0.1, 0.15) is 5.60 Å². The van der Waals surface area contributed by atoms with Gasteiger partial charge >= 0.3 is 5.97 Å². The van der Waals surface area contributed by atoms with E-state index in [9.17, 15) is 4.79 Å². The van der Waals surface area contributed by atoms with Gasteiger partial charge < -0.3 is 10.5 Å². The lowest BCUT2D eigenvalue weighted by atomic mass is 9.96. The van der Waals surface area contributed by atoms with E-state index in [-0.39, 0.29) is 12.0 Å². The van der Waals surface area contributed by atoms with Crippen LogP contribution in [0.2, 0.25) is 0 Å². The number of esters is 1. The molecule has 14 heavy (non-hydrogen) atoms. The summed E-state index contributed by atoms with van der Waals surface area (Å²) in [5.74, 6) is -0.190. The average molecular weight is 197 g/mol. The van der Waals surface area contributed by atoms with Crippen LogP contribution in [0, 0.1) is 0 Å². The molecule has 0 heterocycles. The molecule has 80 valence electrons. The number of hydrogen-bond acceptors (Lipinski definition) is 3. The van der Waals surface area contributed by atoms with Crippen molar-refractivity contribution >= 4 is 5.97 Å². The Labute approximate surface area is 85.3 Å². The predicted octanol–water partition coefficient (Wildman–Crippen LogP) is 1.77. The lowest BCUT2D eigenvalue weighted by molar-refractivity contribution is -0.150. The van der Waals surface area contributed by atoms with Crippen molar-refractivity contribution in [3.63, 3.8) is 0 Å². The van der Waals surface area contributed by atoms with Crippen LogP contribution in [0.1, 0.15) is 40.0 Å². The van der Waals surface area contributed by atoms with Crippen molar-refractivity contribution in [3.05, 3.63) is 11.6 Å². The second-order valence-corrected chi connectivity index (χ2v) is 4.77. The number of carbonyl (C=O) groups excluding carboxylic acids is 1. The Morgan fingerprint density at radius 3 is 2.64 bits per heavy atom. The normalized spacial score (nSPS) is 22.9. The average Bonchev–Trinajstić information content (AvgIpc) is 2.02. The van der Waals surface area contributed by atoms with E-state index in [1.807, 2.05) is 26.8 Å². The zero-order valence-corrected chi connectivity index (χ0v) is 9.17. The van der Waals surface area contributed by atoms with Gasteiger partial charge in [0.05, 0.1) is 0 Å². The van der Waals surface area contributed by atoms with Gasteiger partial charge in [0.15, 0.2) is 0 Å². The van der Waals surface area contributed by atoms with Crippen LogP contribution in [-0.2, 0) is 9.53 Å². The molecule has 3 heteroatoms. The van der Waals surface area contributed by atoms with Crippen molar-refractivity contribution in [1.29, 1.82) is 0 Å². The fourth-order valence-electron chi connectivity index (χ4n) is 1.38. The molecule has 0 aromatic rings. The Hall–Kier alpha value is -0.830. The first-order valence-corrected chi connectivity index (χ1v) is 5.06. The van der Waals surface area contributed by atoms with Gasteiger partial charge in [-0.1, -0.05) is 6.08 Å². The Morgan fingerprint density at radius 1 is 1.57 bits per heavy atom. The van der Waals surface area contributed by atoms with Crippen LogP contribution in [0.25, 0.3) is 0 Å².